The molecule has 3 heteroatoms. The number of hydrogen-bond acceptors (Lipinski definition) is 3. The van der Waals surface area contributed by atoms with Gasteiger partial charge in [-0.15, -0.1) is 0 Å². The van der Waals surface area contributed by atoms with E-state index in [0.717, 1.165) is 72.1 Å². The van der Waals surface area contributed by atoms with Gasteiger partial charge in [0.2, 0.25) is 0 Å². The molecule has 0 unspecified atom stereocenters. The van der Waals surface area contributed by atoms with Gasteiger partial charge in [-0.3, -0.25) is 0 Å². The minimum Gasteiger partial charge on any atom is -0.456 e. The molecular formula is C42H27NO2. The molecule has 3 nitrogen and oxygen atoms in total. The summed E-state index contributed by atoms with van der Waals surface area (Å²) in [6.07, 6.45) is 0. The van der Waals surface area contributed by atoms with Gasteiger partial charge in [-0.05, 0) is 70.8 Å². The molecule has 0 aliphatic heterocycles. The Kier molecular flexibility index (Phi) is 4.75. The number of furan rings is 2. The summed E-state index contributed by atoms with van der Waals surface area (Å²) in [7, 11) is 0. The highest BCUT2D eigenvalue weighted by atomic mass is 16.3. The summed E-state index contributed by atoms with van der Waals surface area (Å²) in [6, 6.07) is 42.8. The molecule has 7 aromatic carbocycles. The molecule has 0 amide bonds. The summed E-state index contributed by atoms with van der Waals surface area (Å²) in [5, 5.41) is 4.17. The van der Waals surface area contributed by atoms with Gasteiger partial charge in [0.25, 0.3) is 0 Å². The van der Waals surface area contributed by atoms with E-state index in [1.165, 1.54) is 0 Å². The van der Waals surface area contributed by atoms with Crippen LogP contribution in [-0.2, 0) is 0 Å². The lowest BCUT2D eigenvalue weighted by Crippen LogP contribution is -2.10. The van der Waals surface area contributed by atoms with Crippen molar-refractivity contribution in [1.29, 1.82) is 0 Å². The molecule has 2 aromatic heterocycles. The van der Waals surface area contributed by atoms with Crippen molar-refractivity contribution < 1.29 is 15.7 Å². The van der Waals surface area contributed by atoms with Gasteiger partial charge in [-0.1, -0.05) is 109 Å². The number of para-hydroxylation sites is 2. The Labute approximate surface area is 267 Å². The first-order chi connectivity index (χ1) is 24.4. The van der Waals surface area contributed by atoms with Crippen molar-refractivity contribution in [3.05, 3.63) is 164 Å². The van der Waals surface area contributed by atoms with E-state index in [9.17, 15) is 0 Å². The van der Waals surface area contributed by atoms with Crippen LogP contribution in [0.25, 0.3) is 66.1 Å². The van der Waals surface area contributed by atoms with Gasteiger partial charge in [-0.25, -0.2) is 0 Å². The predicted molar refractivity (Wildman–Crippen MR) is 187 cm³/mol. The normalized spacial score (nSPS) is 13.1. The molecular weight excluding hydrogens is 550 g/mol. The van der Waals surface area contributed by atoms with Crippen LogP contribution in [0.15, 0.2) is 173 Å². The number of rotatable bonds is 5. The maximum Gasteiger partial charge on any atom is 0.137 e. The summed E-state index contributed by atoms with van der Waals surface area (Å²) in [5.41, 5.74) is 8.78. The summed E-state index contributed by atoms with van der Waals surface area (Å²) >= 11 is 0. The largest absolute Gasteiger partial charge is 0.456 e. The molecule has 9 aromatic rings. The topological polar surface area (TPSA) is 29.5 Å². The Morgan fingerprint density at radius 2 is 0.978 bits per heavy atom. The number of benzene rings is 7. The molecule has 9 rings (SSSR count). The highest BCUT2D eigenvalue weighted by molar-refractivity contribution is 6.14. The molecule has 0 aliphatic rings. The van der Waals surface area contributed by atoms with Gasteiger partial charge in [-0.2, -0.15) is 0 Å². The summed E-state index contributed by atoms with van der Waals surface area (Å²) in [6.45, 7) is 0. The molecule has 0 bridgehead atoms. The molecule has 0 saturated carbocycles. The van der Waals surface area contributed by atoms with E-state index in [1.54, 1.807) is 12.1 Å². The molecule has 0 spiro atoms. The van der Waals surface area contributed by atoms with Gasteiger partial charge >= 0.3 is 0 Å². The van der Waals surface area contributed by atoms with Gasteiger partial charge in [0, 0.05) is 33.6 Å². The second-order valence-corrected chi connectivity index (χ2v) is 11.0. The lowest BCUT2D eigenvalue weighted by atomic mass is 10.00. The van der Waals surface area contributed by atoms with E-state index >= 15 is 0 Å². The van der Waals surface area contributed by atoms with Crippen molar-refractivity contribution in [3.63, 3.8) is 0 Å². The van der Waals surface area contributed by atoms with Crippen molar-refractivity contribution >= 4 is 60.9 Å². The zero-order valence-electron chi connectivity index (χ0n) is 29.0. The molecule has 0 atom stereocenters. The van der Waals surface area contributed by atoms with E-state index < -0.39 is 6.04 Å². The van der Waals surface area contributed by atoms with Crippen LogP contribution < -0.4 is 4.90 Å². The highest BCUT2D eigenvalue weighted by Gasteiger charge is 2.20. The Hall–Kier alpha value is -6.06. The monoisotopic (exact) mass is 582 g/mol. The fraction of sp³-hybridized carbons (Fsp3) is 0. The third-order valence-electron chi connectivity index (χ3n) is 8.37. The summed E-state index contributed by atoms with van der Waals surface area (Å²) in [4.78, 5) is 2.22. The molecule has 2 heterocycles. The smallest absolute Gasteiger partial charge is 0.137 e. The first-order valence-corrected chi connectivity index (χ1v) is 14.8. The number of nitrogens with zero attached hydrogens (tertiary/aromatic N) is 1. The third kappa shape index (κ3) is 4.29. The van der Waals surface area contributed by atoms with Crippen LogP contribution in [0.2, 0.25) is 0 Å². The lowest BCUT2D eigenvalue weighted by Gasteiger charge is -2.26. The molecule has 0 fully saturated rings. The van der Waals surface area contributed by atoms with E-state index in [4.69, 9.17) is 15.7 Å². The van der Waals surface area contributed by atoms with E-state index in [1.807, 2.05) is 60.7 Å². The number of anilines is 3. The quantitative estimate of drug-likeness (QED) is 0.202. The lowest BCUT2D eigenvalue weighted by molar-refractivity contribution is 0.669. The van der Waals surface area contributed by atoms with Crippen LogP contribution in [0, 0.1) is 0 Å². The Bertz CT molecular complexity index is 2740. The first-order valence-electron chi connectivity index (χ1n) is 17.3. The Balaban J connectivity index is 1.16. The van der Waals surface area contributed by atoms with Crippen LogP contribution >= 0.6 is 0 Å². The Morgan fingerprint density at radius 1 is 0.422 bits per heavy atom. The fourth-order valence-corrected chi connectivity index (χ4v) is 6.25. The van der Waals surface area contributed by atoms with Crippen LogP contribution in [0.3, 0.4) is 0 Å². The molecule has 0 aliphatic carbocycles. The average molecular weight is 583 g/mol. The van der Waals surface area contributed by atoms with E-state index in [0.29, 0.717) is 5.56 Å². The zero-order chi connectivity index (χ0) is 34.1. The molecule has 45 heavy (non-hydrogen) atoms. The van der Waals surface area contributed by atoms with Crippen molar-refractivity contribution in [2.24, 2.45) is 0 Å². The average Bonchev–Trinajstić information content (AvgIpc) is 3.72. The van der Waals surface area contributed by atoms with Crippen molar-refractivity contribution in [1.82, 2.24) is 0 Å². The van der Waals surface area contributed by atoms with Gasteiger partial charge in [0.1, 0.15) is 22.3 Å². The highest BCUT2D eigenvalue weighted by Crippen LogP contribution is 2.44. The van der Waals surface area contributed by atoms with E-state index in [-0.39, 0.29) is 29.7 Å². The van der Waals surface area contributed by atoms with Crippen molar-refractivity contribution in [2.75, 3.05) is 4.90 Å². The molecule has 212 valence electrons. The maximum absolute atomic E-state index is 8.36. The minimum absolute atomic E-state index is 0.191. The number of fused-ring (bicyclic) bond motifs is 6. The van der Waals surface area contributed by atoms with Crippen LogP contribution in [-0.4, -0.2) is 0 Å². The van der Waals surface area contributed by atoms with Gasteiger partial charge in [0.15, 0.2) is 0 Å². The van der Waals surface area contributed by atoms with Gasteiger partial charge < -0.3 is 13.7 Å². The van der Waals surface area contributed by atoms with Crippen molar-refractivity contribution in [2.45, 2.75) is 0 Å². The molecule has 0 N–H and O–H groups in total. The van der Waals surface area contributed by atoms with Gasteiger partial charge in [0.05, 0.1) is 17.9 Å². The summed E-state index contributed by atoms with van der Waals surface area (Å²) in [5.74, 6) is 0. The fourth-order valence-electron chi connectivity index (χ4n) is 6.25. The second-order valence-electron chi connectivity index (χ2n) is 11.0. The SMILES string of the molecule is [2H]c1c([2H])c([2H])c(-c2ccc(-c3ccc(N(c4ccc5c(c4)oc4ccccc45)c4cccc5oc6ccccc6c45)cc3)cc2)c([2H])c1[2H]. The first kappa shape index (κ1) is 20.8. The van der Waals surface area contributed by atoms with Crippen LogP contribution in [0.1, 0.15) is 6.85 Å². The standard InChI is InChI=1S/C42H27NO2/c1-2-9-28(10-3-1)29-17-19-30(20-18-29)31-21-23-32(24-22-31)43(33-25-26-35-34-11-4-6-14-38(34)45-41(35)27-33)37-13-8-16-40-42(37)36-12-5-7-15-39(36)44-40/h1-27H/i1D,2D,3D,9D,10D. The summed E-state index contributed by atoms with van der Waals surface area (Å²) < 4.78 is 53.4. The van der Waals surface area contributed by atoms with Crippen LogP contribution in [0.4, 0.5) is 17.1 Å². The molecule has 0 saturated heterocycles. The maximum atomic E-state index is 8.36. The predicted octanol–water partition coefficient (Wildman–Crippen LogP) is 12.3. The van der Waals surface area contributed by atoms with Crippen LogP contribution in [0.5, 0.6) is 0 Å². The van der Waals surface area contributed by atoms with Crippen molar-refractivity contribution in [3.8, 4) is 22.3 Å². The Morgan fingerprint density at radius 3 is 1.73 bits per heavy atom. The molecule has 0 radical (unpaired) electrons. The second kappa shape index (κ2) is 10.3. The number of hydrogen-bond donors (Lipinski definition) is 0. The zero-order valence-corrected chi connectivity index (χ0v) is 24.0. The van der Waals surface area contributed by atoms with E-state index in [2.05, 4.69) is 65.6 Å². The third-order valence-corrected chi connectivity index (χ3v) is 8.37. The minimum atomic E-state index is -0.399.